The lowest BCUT2D eigenvalue weighted by Gasteiger charge is -2.31. The molecule has 2 aliphatic heterocycles. The lowest BCUT2D eigenvalue weighted by atomic mass is 9.96. The van der Waals surface area contributed by atoms with Crippen LogP contribution in [0.25, 0.3) is 0 Å². The molecule has 0 spiro atoms. The summed E-state index contributed by atoms with van der Waals surface area (Å²) in [5.74, 6) is -9.85. The zero-order chi connectivity index (χ0) is 51.4. The highest BCUT2D eigenvalue weighted by atomic mass is 33.1. The van der Waals surface area contributed by atoms with E-state index in [0.29, 0.717) is 24.2 Å². The van der Waals surface area contributed by atoms with E-state index in [1.165, 1.54) is 40.9 Å². The van der Waals surface area contributed by atoms with Gasteiger partial charge in [0, 0.05) is 30.9 Å². The van der Waals surface area contributed by atoms with Gasteiger partial charge in [-0.15, -0.1) is 0 Å². The van der Waals surface area contributed by atoms with E-state index >= 15 is 0 Å². The highest BCUT2D eigenvalue weighted by molar-refractivity contribution is 8.76. The van der Waals surface area contributed by atoms with Crippen LogP contribution in [0.1, 0.15) is 64.4 Å². The molecule has 27 heteroatoms. The quantitative estimate of drug-likeness (QED) is 0.0626. The number of primary amides is 3. The normalized spacial score (nSPS) is 24.2. The fourth-order valence-corrected chi connectivity index (χ4v) is 9.89. The second-order valence-electron chi connectivity index (χ2n) is 16.6. The Labute approximate surface area is 411 Å². The Kier molecular flexibility index (Phi) is 23.9. The van der Waals surface area contributed by atoms with E-state index in [9.17, 15) is 57.8 Å². The summed E-state index contributed by atoms with van der Waals surface area (Å²) in [5.41, 5.74) is 22.9. The molecule has 2 heterocycles. The molecular weight excluding hydrogens is 961 g/mol. The van der Waals surface area contributed by atoms with Gasteiger partial charge in [-0.05, 0) is 61.3 Å². The molecule has 3 rings (SSSR count). The molecule has 0 aliphatic carbocycles. The maximum absolute atomic E-state index is 14.5. The molecule has 0 radical (unpaired) electrons. The molecule has 9 atom stereocenters. The van der Waals surface area contributed by atoms with Crippen molar-refractivity contribution < 1.29 is 57.8 Å². The summed E-state index contributed by atoms with van der Waals surface area (Å²) in [4.78, 5) is 148. The number of nitrogens with one attached hydrogen (secondary N) is 7. The third kappa shape index (κ3) is 18.9. The van der Waals surface area contributed by atoms with Gasteiger partial charge in [-0.3, -0.25) is 52.7 Å². The molecular formula is C42H64N12O12S3. The first-order valence-corrected chi connectivity index (χ1v) is 26.1. The number of benzene rings is 1. The monoisotopic (exact) mass is 1020 g/mol. The number of phenolic OH excluding ortho intramolecular Hbond substituents is 1. The van der Waals surface area contributed by atoms with Crippen LogP contribution in [0.3, 0.4) is 0 Å². The summed E-state index contributed by atoms with van der Waals surface area (Å²) in [6.07, 6.45) is 1.11. The first-order valence-electron chi connectivity index (χ1n) is 22.2. The number of aromatic hydroxyl groups is 1. The minimum Gasteiger partial charge on any atom is -0.508 e. The molecule has 2 aliphatic rings. The molecule has 0 bridgehead atoms. The van der Waals surface area contributed by atoms with E-state index in [1.807, 2.05) is 0 Å². The van der Waals surface area contributed by atoms with E-state index in [4.69, 9.17) is 22.9 Å². The summed E-state index contributed by atoms with van der Waals surface area (Å²) < 4.78 is 0. The fourth-order valence-electron chi connectivity index (χ4n) is 7.14. The molecule has 11 amide bonds. The van der Waals surface area contributed by atoms with Crippen molar-refractivity contribution >= 4 is 98.3 Å². The van der Waals surface area contributed by atoms with Crippen LogP contribution in [0, 0.1) is 5.92 Å². The van der Waals surface area contributed by atoms with Crippen molar-refractivity contribution in [2.24, 2.45) is 28.9 Å². The number of nitrogens with two attached hydrogens (primary N) is 4. The summed E-state index contributed by atoms with van der Waals surface area (Å²) in [7, 11) is 2.05. The van der Waals surface area contributed by atoms with Gasteiger partial charge in [0.2, 0.25) is 65.0 Å². The summed E-state index contributed by atoms with van der Waals surface area (Å²) in [6.45, 7) is 2.97. The Morgan fingerprint density at radius 1 is 0.826 bits per heavy atom. The van der Waals surface area contributed by atoms with Crippen LogP contribution >= 0.6 is 33.3 Å². The number of rotatable bonds is 18. The summed E-state index contributed by atoms with van der Waals surface area (Å²) in [6, 6.07) is -5.04. The van der Waals surface area contributed by atoms with Crippen molar-refractivity contribution in [3.63, 3.8) is 0 Å². The number of amides is 11. The van der Waals surface area contributed by atoms with Gasteiger partial charge >= 0.3 is 0 Å². The Morgan fingerprint density at radius 2 is 1.45 bits per heavy atom. The second-order valence-corrected chi connectivity index (χ2v) is 20.1. The van der Waals surface area contributed by atoms with Crippen molar-refractivity contribution in [3.05, 3.63) is 29.8 Å². The molecule has 0 unspecified atom stereocenters. The van der Waals surface area contributed by atoms with Crippen molar-refractivity contribution in [2.45, 2.75) is 114 Å². The van der Waals surface area contributed by atoms with Crippen LogP contribution in [-0.2, 0) is 59.2 Å². The average molecular weight is 1030 g/mol. The number of hydrogen-bond donors (Lipinski definition) is 12. The van der Waals surface area contributed by atoms with Crippen LogP contribution in [0.2, 0.25) is 0 Å². The third-order valence-corrected chi connectivity index (χ3v) is 14.3. The number of thioether (sulfide) groups is 1. The first-order chi connectivity index (χ1) is 32.6. The minimum atomic E-state index is -1.75. The first kappa shape index (κ1) is 57.5. The second kappa shape index (κ2) is 28.6. The highest BCUT2D eigenvalue weighted by Crippen LogP contribution is 2.26. The molecule has 2 fully saturated rings. The number of phenols is 1. The van der Waals surface area contributed by atoms with Crippen LogP contribution in [0.4, 0.5) is 0 Å². The number of carbonyl (C=O) groups excluding carboxylic acids is 11. The molecule has 69 heavy (non-hydrogen) atoms. The van der Waals surface area contributed by atoms with Crippen molar-refractivity contribution in [1.29, 1.82) is 0 Å². The molecule has 24 nitrogen and oxygen atoms in total. The minimum absolute atomic E-state index is 0.0467. The van der Waals surface area contributed by atoms with E-state index in [1.54, 1.807) is 20.1 Å². The topological polar surface area (TPSA) is 400 Å². The maximum Gasteiger partial charge on any atom is 0.246 e. The Bertz CT molecular complexity index is 2040. The van der Waals surface area contributed by atoms with E-state index in [-0.39, 0.29) is 43.1 Å². The van der Waals surface area contributed by atoms with Crippen molar-refractivity contribution in [2.75, 3.05) is 36.6 Å². The highest BCUT2D eigenvalue weighted by Gasteiger charge is 2.41. The summed E-state index contributed by atoms with van der Waals surface area (Å²) >= 11 is 1.41. The molecule has 1 aromatic carbocycles. The van der Waals surface area contributed by atoms with E-state index in [0.717, 1.165) is 21.6 Å². The fraction of sp³-hybridized carbons (Fsp3) is 0.595. The number of nitrogens with zero attached hydrogens (tertiary/aromatic N) is 1. The summed E-state index contributed by atoms with van der Waals surface area (Å²) in [5, 5.41) is 27.7. The molecule has 2 saturated heterocycles. The number of carbonyl (C=O) groups is 11. The van der Waals surface area contributed by atoms with Gasteiger partial charge in [0.05, 0.1) is 19.0 Å². The molecule has 1 aromatic rings. The number of likely N-dealkylation sites (tertiary alicyclic amines) is 1. The third-order valence-electron chi connectivity index (χ3n) is 11.2. The van der Waals surface area contributed by atoms with Crippen molar-refractivity contribution in [3.8, 4) is 5.75 Å². The zero-order valence-electron chi connectivity index (χ0n) is 38.6. The van der Waals surface area contributed by atoms with Gasteiger partial charge in [0.15, 0.2) is 0 Å². The lowest BCUT2D eigenvalue weighted by Crippen LogP contribution is -2.61. The van der Waals surface area contributed by atoms with Crippen LogP contribution in [-0.4, -0.2) is 160 Å². The molecule has 16 N–H and O–H groups in total. The van der Waals surface area contributed by atoms with Crippen molar-refractivity contribution in [1.82, 2.24) is 42.1 Å². The lowest BCUT2D eigenvalue weighted by molar-refractivity contribution is -0.142. The van der Waals surface area contributed by atoms with Crippen LogP contribution in [0.5, 0.6) is 5.75 Å². The predicted molar refractivity (Wildman–Crippen MR) is 258 cm³/mol. The molecule has 0 saturated carbocycles. The standard InChI is InChI=1S/C42H64N12O12S3/c1-4-21(2)34-41(65)49-25(11-12-31(44)56)37(61)51-28(17-32(45)57)38(62)52-29(20-69-68-19-24(43)35(59)50-27(39(63)53-34)16-22-7-9-23(55)10-8-22)42(66)54-14-5-6-30(54)40(64)48-26(13-15-67-3)36(60)47-18-33(46)58/h7-10,21,24-30,34,55H,4-6,11-20,43H2,1-3H3,(H2,44,56)(H2,45,57)(H2,46,58)(H,47,60)(H,48,64)(H,49,65)(H,50,59)(H,51,61)(H,52,62)(H,53,63)/t21-,24-,25-,26-,27-,28-,29-,30-,34-/m0/s1. The van der Waals surface area contributed by atoms with Gasteiger partial charge < -0.3 is 70.2 Å². The Hall–Kier alpha value is -5.80. The Morgan fingerprint density at radius 3 is 2.07 bits per heavy atom. The van der Waals surface area contributed by atoms with E-state index < -0.39 is 145 Å². The van der Waals surface area contributed by atoms with Gasteiger partial charge in [-0.2, -0.15) is 11.8 Å². The van der Waals surface area contributed by atoms with Gasteiger partial charge in [0.1, 0.15) is 48.0 Å². The maximum atomic E-state index is 14.5. The van der Waals surface area contributed by atoms with Gasteiger partial charge in [-0.1, -0.05) is 54.0 Å². The van der Waals surface area contributed by atoms with Gasteiger partial charge in [0.25, 0.3) is 0 Å². The van der Waals surface area contributed by atoms with Gasteiger partial charge in [-0.25, -0.2) is 0 Å². The van der Waals surface area contributed by atoms with Crippen LogP contribution < -0.4 is 60.2 Å². The van der Waals surface area contributed by atoms with Crippen LogP contribution in [0.15, 0.2) is 24.3 Å². The molecule has 0 aromatic heterocycles. The zero-order valence-corrected chi connectivity index (χ0v) is 41.1. The number of hydrogen-bond acceptors (Lipinski definition) is 16. The largest absolute Gasteiger partial charge is 0.508 e. The average Bonchev–Trinajstić information content (AvgIpc) is 3.80. The smallest absolute Gasteiger partial charge is 0.246 e. The SMILES string of the molecule is CC[C@H](C)[C@@H]1NC(=O)[C@H](Cc2ccc(O)cc2)NC(=O)[C@@H](N)CSSC[C@@H](C(=O)N2CCC[C@H]2C(=O)N[C@@H](CCSC)C(=O)NCC(N)=O)NC(=O)[C@H](CC(N)=O)NC(=O)[C@H](CCC(N)=O)NC1=O. The molecule has 382 valence electrons. The Balaban J connectivity index is 2.05. The van der Waals surface area contributed by atoms with E-state index in [2.05, 4.69) is 37.2 Å². The predicted octanol–water partition coefficient (Wildman–Crippen LogP) is -3.90.